The summed E-state index contributed by atoms with van der Waals surface area (Å²) in [6.45, 7) is 6.63. The second-order valence-electron chi connectivity index (χ2n) is 7.44. The number of aromatic nitrogens is 1. The van der Waals surface area contributed by atoms with E-state index >= 15 is 0 Å². The summed E-state index contributed by atoms with van der Waals surface area (Å²) in [4.78, 5) is 30.8. The molecule has 0 bridgehead atoms. The van der Waals surface area contributed by atoms with Gasteiger partial charge in [-0.2, -0.15) is 0 Å². The van der Waals surface area contributed by atoms with E-state index in [0.29, 0.717) is 31.6 Å². The maximum Gasteiger partial charge on any atom is 0.227 e. The van der Waals surface area contributed by atoms with Crippen molar-refractivity contribution in [3.8, 4) is 0 Å². The molecule has 1 aliphatic heterocycles. The highest BCUT2D eigenvalue weighted by Crippen LogP contribution is 2.39. The molecule has 0 radical (unpaired) electrons. The molecule has 2 aromatic rings. The quantitative estimate of drug-likeness (QED) is 0.891. The lowest BCUT2D eigenvalue weighted by Gasteiger charge is -2.38. The third kappa shape index (κ3) is 3.93. The molecule has 2 amide bonds. The molecule has 0 spiro atoms. The summed E-state index contributed by atoms with van der Waals surface area (Å²) in [7, 11) is 0. The summed E-state index contributed by atoms with van der Waals surface area (Å²) in [6.07, 6.45) is 1.45. The lowest BCUT2D eigenvalue weighted by atomic mass is 9.77. The molecule has 0 saturated carbocycles. The van der Waals surface area contributed by atoms with Crippen LogP contribution in [0.5, 0.6) is 0 Å². The van der Waals surface area contributed by atoms with E-state index in [9.17, 15) is 9.59 Å². The first-order valence-electron chi connectivity index (χ1n) is 9.00. The Bertz CT molecular complexity index is 830. The molecule has 0 aliphatic carbocycles. The predicted octanol–water partition coefficient (Wildman–Crippen LogP) is 3.82. The Balaban J connectivity index is 1.61. The van der Waals surface area contributed by atoms with Crippen molar-refractivity contribution in [3.63, 3.8) is 0 Å². The number of para-hydroxylation sites is 1. The van der Waals surface area contributed by atoms with Gasteiger partial charge in [0, 0.05) is 36.2 Å². The monoisotopic (exact) mass is 351 g/mol. The van der Waals surface area contributed by atoms with Crippen molar-refractivity contribution in [1.29, 1.82) is 0 Å². The Labute approximate surface area is 154 Å². The first kappa shape index (κ1) is 18.1. The number of carbonyl (C=O) groups excluding carboxylic acids is 2. The van der Waals surface area contributed by atoms with Crippen LogP contribution in [0.15, 0.2) is 42.5 Å². The van der Waals surface area contributed by atoms with Gasteiger partial charge in [-0.25, -0.2) is 4.98 Å². The highest BCUT2D eigenvalue weighted by Gasteiger charge is 2.35. The van der Waals surface area contributed by atoms with E-state index in [4.69, 9.17) is 0 Å². The molecule has 1 aromatic heterocycles. The summed E-state index contributed by atoms with van der Waals surface area (Å²) in [5.74, 6) is 0.603. The molecule has 1 aliphatic rings. The summed E-state index contributed by atoms with van der Waals surface area (Å²) in [5.41, 5.74) is 2.86. The number of nitrogens with zero attached hydrogens (tertiary/aromatic N) is 2. The van der Waals surface area contributed by atoms with E-state index in [-0.39, 0.29) is 17.2 Å². The van der Waals surface area contributed by atoms with E-state index in [1.54, 1.807) is 6.07 Å². The lowest BCUT2D eigenvalue weighted by molar-refractivity contribution is -0.120. The molecule has 1 N–H and O–H groups in total. The van der Waals surface area contributed by atoms with Gasteiger partial charge in [0.05, 0.1) is 0 Å². The van der Waals surface area contributed by atoms with Crippen LogP contribution < -0.4 is 10.2 Å². The minimum atomic E-state index is -0.154. The number of aryl methyl sites for hydroxylation is 1. The van der Waals surface area contributed by atoms with Crippen LogP contribution >= 0.6 is 0 Å². The highest BCUT2D eigenvalue weighted by atomic mass is 16.2. The van der Waals surface area contributed by atoms with Gasteiger partial charge < -0.3 is 10.2 Å². The van der Waals surface area contributed by atoms with E-state index in [2.05, 4.69) is 30.2 Å². The minimum absolute atomic E-state index is 0.0822. The molecule has 0 saturated heterocycles. The van der Waals surface area contributed by atoms with Gasteiger partial charge in [0.15, 0.2) is 0 Å². The van der Waals surface area contributed by atoms with Gasteiger partial charge in [0.2, 0.25) is 11.8 Å². The summed E-state index contributed by atoms with van der Waals surface area (Å²) < 4.78 is 0. The molecule has 3 rings (SSSR count). The molecule has 5 heteroatoms. The normalized spacial score (nSPS) is 15.5. The molecular formula is C21H25N3O2. The van der Waals surface area contributed by atoms with E-state index in [1.165, 1.54) is 5.56 Å². The van der Waals surface area contributed by atoms with Crippen LogP contribution in [0.2, 0.25) is 0 Å². The third-order valence-electron chi connectivity index (χ3n) is 4.76. The number of nitrogens with one attached hydrogen (secondary N) is 1. The topological polar surface area (TPSA) is 62.3 Å². The maximum atomic E-state index is 12.6. The number of rotatable bonds is 5. The molecular weight excluding hydrogens is 326 g/mol. The zero-order valence-corrected chi connectivity index (χ0v) is 15.6. The van der Waals surface area contributed by atoms with E-state index in [1.807, 2.05) is 42.2 Å². The van der Waals surface area contributed by atoms with Crippen LogP contribution in [0.3, 0.4) is 0 Å². The number of pyridine rings is 1. The van der Waals surface area contributed by atoms with Gasteiger partial charge in [0.25, 0.3) is 0 Å². The van der Waals surface area contributed by atoms with Crippen molar-refractivity contribution in [2.24, 2.45) is 0 Å². The standard InChI is InChI=1S/C21H25N3O2/c1-15-8-6-11-18(22-15)23-19(25)12-7-13-24-17-10-5-4-9-16(17)21(2,3)14-20(24)26/h4-6,8-11H,7,12-14H2,1-3H3,(H,22,23,25). The zero-order chi connectivity index (χ0) is 18.7. The third-order valence-corrected chi connectivity index (χ3v) is 4.76. The Hall–Kier alpha value is -2.69. The van der Waals surface area contributed by atoms with Crippen molar-refractivity contribution in [1.82, 2.24) is 4.98 Å². The summed E-state index contributed by atoms with van der Waals surface area (Å²) >= 11 is 0. The molecule has 0 atom stereocenters. The fourth-order valence-electron chi connectivity index (χ4n) is 3.45. The Kier molecular flexibility index (Phi) is 5.07. The molecule has 2 heterocycles. The molecule has 5 nitrogen and oxygen atoms in total. The van der Waals surface area contributed by atoms with Crippen molar-refractivity contribution in [3.05, 3.63) is 53.7 Å². The summed E-state index contributed by atoms with van der Waals surface area (Å²) in [6, 6.07) is 13.6. The first-order valence-corrected chi connectivity index (χ1v) is 9.00. The fraction of sp³-hybridized carbons (Fsp3) is 0.381. The van der Waals surface area contributed by atoms with Crippen molar-refractivity contribution < 1.29 is 9.59 Å². The number of hydrogen-bond donors (Lipinski definition) is 1. The number of carbonyl (C=O) groups is 2. The van der Waals surface area contributed by atoms with E-state index < -0.39 is 0 Å². The summed E-state index contributed by atoms with van der Waals surface area (Å²) in [5, 5.41) is 2.81. The van der Waals surface area contributed by atoms with Crippen molar-refractivity contribution in [2.75, 3.05) is 16.8 Å². The number of anilines is 2. The Morgan fingerprint density at radius 2 is 1.96 bits per heavy atom. The average molecular weight is 351 g/mol. The van der Waals surface area contributed by atoms with E-state index in [0.717, 1.165) is 11.4 Å². The van der Waals surface area contributed by atoms with Crippen LogP contribution in [-0.2, 0) is 15.0 Å². The fourth-order valence-corrected chi connectivity index (χ4v) is 3.45. The van der Waals surface area contributed by atoms with Crippen LogP contribution in [-0.4, -0.2) is 23.3 Å². The number of hydrogen-bond acceptors (Lipinski definition) is 3. The van der Waals surface area contributed by atoms with Gasteiger partial charge in [-0.15, -0.1) is 0 Å². The number of benzene rings is 1. The minimum Gasteiger partial charge on any atom is -0.312 e. The Morgan fingerprint density at radius 1 is 1.19 bits per heavy atom. The van der Waals surface area contributed by atoms with Gasteiger partial charge in [-0.1, -0.05) is 38.1 Å². The van der Waals surface area contributed by atoms with Crippen LogP contribution in [0.1, 0.15) is 44.4 Å². The predicted molar refractivity (Wildman–Crippen MR) is 103 cm³/mol. The lowest BCUT2D eigenvalue weighted by Crippen LogP contribution is -2.42. The first-order chi connectivity index (χ1) is 12.4. The molecule has 0 fully saturated rings. The van der Waals surface area contributed by atoms with Gasteiger partial charge in [-0.05, 0) is 37.1 Å². The van der Waals surface area contributed by atoms with Crippen LogP contribution in [0.4, 0.5) is 11.5 Å². The molecule has 26 heavy (non-hydrogen) atoms. The smallest absolute Gasteiger partial charge is 0.227 e. The second kappa shape index (κ2) is 7.28. The van der Waals surface area contributed by atoms with Crippen molar-refractivity contribution in [2.45, 2.75) is 45.4 Å². The average Bonchev–Trinajstić information content (AvgIpc) is 2.57. The zero-order valence-electron chi connectivity index (χ0n) is 15.6. The number of amides is 2. The van der Waals surface area contributed by atoms with Crippen LogP contribution in [0.25, 0.3) is 0 Å². The van der Waals surface area contributed by atoms with Gasteiger partial charge in [-0.3, -0.25) is 9.59 Å². The SMILES string of the molecule is Cc1cccc(NC(=O)CCCN2C(=O)CC(C)(C)c3ccccc32)n1. The molecule has 136 valence electrons. The Morgan fingerprint density at radius 3 is 2.73 bits per heavy atom. The van der Waals surface area contributed by atoms with Gasteiger partial charge >= 0.3 is 0 Å². The van der Waals surface area contributed by atoms with Crippen molar-refractivity contribution >= 4 is 23.3 Å². The second-order valence-corrected chi connectivity index (χ2v) is 7.44. The maximum absolute atomic E-state index is 12.6. The number of fused-ring (bicyclic) bond motifs is 1. The largest absolute Gasteiger partial charge is 0.312 e. The van der Waals surface area contributed by atoms with Crippen LogP contribution in [0, 0.1) is 6.92 Å². The van der Waals surface area contributed by atoms with Gasteiger partial charge in [0.1, 0.15) is 5.82 Å². The molecule has 0 unspecified atom stereocenters. The molecule has 1 aromatic carbocycles. The highest BCUT2D eigenvalue weighted by molar-refractivity contribution is 5.98.